The van der Waals surface area contributed by atoms with Crippen LogP contribution in [0, 0.1) is 0 Å². The van der Waals surface area contributed by atoms with Gasteiger partial charge < -0.3 is 15.5 Å². The van der Waals surface area contributed by atoms with Crippen molar-refractivity contribution in [1.29, 1.82) is 0 Å². The molecule has 1 aromatic rings. The largest absolute Gasteiger partial charge is 0.336 e. The van der Waals surface area contributed by atoms with Crippen molar-refractivity contribution in [3.05, 3.63) is 29.8 Å². The smallest absolute Gasteiger partial charge is 0.238 e. The van der Waals surface area contributed by atoms with E-state index < -0.39 is 0 Å². The van der Waals surface area contributed by atoms with E-state index in [1.54, 1.807) is 14.0 Å². The molecular formula is C15H21N3O2. The average molecular weight is 275 g/mol. The zero-order valence-corrected chi connectivity index (χ0v) is 12.0. The van der Waals surface area contributed by atoms with Crippen molar-refractivity contribution in [2.24, 2.45) is 0 Å². The second kappa shape index (κ2) is 6.52. The van der Waals surface area contributed by atoms with Gasteiger partial charge in [0.1, 0.15) is 0 Å². The van der Waals surface area contributed by atoms with Gasteiger partial charge in [0.15, 0.2) is 0 Å². The second-order valence-electron chi connectivity index (χ2n) is 5.15. The normalized spacial score (nSPS) is 13.9. The second-order valence-corrected chi connectivity index (χ2v) is 5.15. The van der Waals surface area contributed by atoms with Crippen LogP contribution in [0.25, 0.3) is 0 Å². The van der Waals surface area contributed by atoms with E-state index >= 15 is 0 Å². The van der Waals surface area contributed by atoms with Gasteiger partial charge in [0.25, 0.3) is 0 Å². The van der Waals surface area contributed by atoms with Gasteiger partial charge in [-0.3, -0.25) is 9.59 Å². The first-order valence-electron chi connectivity index (χ1n) is 6.90. The molecule has 0 heterocycles. The zero-order chi connectivity index (χ0) is 14.5. The van der Waals surface area contributed by atoms with Gasteiger partial charge in [-0.1, -0.05) is 12.1 Å². The van der Waals surface area contributed by atoms with Crippen LogP contribution in [0.4, 0.5) is 5.69 Å². The Bertz CT molecular complexity index is 480. The summed E-state index contributed by atoms with van der Waals surface area (Å²) in [5.41, 5.74) is 1.86. The molecule has 0 saturated heterocycles. The standard InChI is InChI=1S/C15H21N3O2/c1-11(19)18(14-7-8-14)10-12-3-5-13(6-4-12)17-15(20)9-16-2/h3-6,14,16H,7-10H2,1-2H3,(H,17,20). The van der Waals surface area contributed by atoms with Crippen molar-refractivity contribution in [3.63, 3.8) is 0 Å². The predicted molar refractivity (Wildman–Crippen MR) is 78.2 cm³/mol. The maximum Gasteiger partial charge on any atom is 0.238 e. The maximum atomic E-state index is 11.6. The summed E-state index contributed by atoms with van der Waals surface area (Å²) in [5.74, 6) is 0.0579. The van der Waals surface area contributed by atoms with Crippen molar-refractivity contribution in [2.45, 2.75) is 32.4 Å². The highest BCUT2D eigenvalue weighted by molar-refractivity contribution is 5.92. The molecule has 0 unspecified atom stereocenters. The monoisotopic (exact) mass is 275 g/mol. The molecule has 5 heteroatoms. The van der Waals surface area contributed by atoms with Crippen LogP contribution in [0.1, 0.15) is 25.3 Å². The number of likely N-dealkylation sites (N-methyl/N-ethyl adjacent to an activating group) is 1. The van der Waals surface area contributed by atoms with E-state index in [0.717, 1.165) is 24.1 Å². The maximum absolute atomic E-state index is 11.6. The van der Waals surface area contributed by atoms with Crippen LogP contribution < -0.4 is 10.6 Å². The summed E-state index contributed by atoms with van der Waals surface area (Å²) in [6.45, 7) is 2.55. The molecule has 20 heavy (non-hydrogen) atoms. The van der Waals surface area contributed by atoms with Gasteiger partial charge in [0.2, 0.25) is 11.8 Å². The Kier molecular flexibility index (Phi) is 4.74. The minimum absolute atomic E-state index is 0.0661. The number of rotatable bonds is 6. The van der Waals surface area contributed by atoms with E-state index in [9.17, 15) is 9.59 Å². The lowest BCUT2D eigenvalue weighted by Crippen LogP contribution is -2.30. The van der Waals surface area contributed by atoms with Crippen LogP contribution in [0.5, 0.6) is 0 Å². The first-order chi connectivity index (χ1) is 9.60. The zero-order valence-electron chi connectivity index (χ0n) is 12.0. The molecule has 0 atom stereocenters. The minimum atomic E-state index is -0.0661. The highest BCUT2D eigenvalue weighted by Gasteiger charge is 2.30. The summed E-state index contributed by atoms with van der Waals surface area (Å²) in [5, 5.41) is 5.60. The molecular weight excluding hydrogens is 254 g/mol. The first kappa shape index (κ1) is 14.5. The average Bonchev–Trinajstić information content (AvgIpc) is 3.22. The Balaban J connectivity index is 1.93. The molecule has 108 valence electrons. The van der Waals surface area contributed by atoms with Crippen LogP contribution >= 0.6 is 0 Å². The summed E-state index contributed by atoms with van der Waals surface area (Å²) in [4.78, 5) is 24.9. The van der Waals surface area contributed by atoms with Crippen LogP contribution in [-0.2, 0) is 16.1 Å². The third-order valence-electron chi connectivity index (χ3n) is 3.32. The number of nitrogens with one attached hydrogen (secondary N) is 2. The lowest BCUT2D eigenvalue weighted by molar-refractivity contribution is -0.130. The predicted octanol–water partition coefficient (Wildman–Crippen LogP) is 1.36. The van der Waals surface area contributed by atoms with Crippen molar-refractivity contribution < 1.29 is 9.59 Å². The fraction of sp³-hybridized carbons (Fsp3) is 0.467. The quantitative estimate of drug-likeness (QED) is 0.824. The Morgan fingerprint density at radius 2 is 1.90 bits per heavy atom. The summed E-state index contributed by atoms with van der Waals surface area (Å²) in [6.07, 6.45) is 2.22. The molecule has 1 fully saturated rings. The Hall–Kier alpha value is -1.88. The minimum Gasteiger partial charge on any atom is -0.336 e. The molecule has 5 nitrogen and oxygen atoms in total. The summed E-state index contributed by atoms with van der Waals surface area (Å²) in [6, 6.07) is 8.06. The van der Waals surface area contributed by atoms with E-state index in [1.165, 1.54) is 0 Å². The van der Waals surface area contributed by atoms with Crippen LogP contribution in [0.2, 0.25) is 0 Å². The van der Waals surface area contributed by atoms with Crippen molar-refractivity contribution in [3.8, 4) is 0 Å². The number of carbonyl (C=O) groups is 2. The number of carbonyl (C=O) groups excluding carboxylic acids is 2. The molecule has 2 amide bonds. The highest BCUT2D eigenvalue weighted by atomic mass is 16.2. The van der Waals surface area contributed by atoms with Gasteiger partial charge in [0, 0.05) is 25.2 Å². The Morgan fingerprint density at radius 3 is 2.40 bits per heavy atom. The molecule has 1 saturated carbocycles. The van der Waals surface area contributed by atoms with Gasteiger partial charge in [-0.25, -0.2) is 0 Å². The van der Waals surface area contributed by atoms with Crippen LogP contribution in [-0.4, -0.2) is 36.3 Å². The SMILES string of the molecule is CNCC(=O)Nc1ccc(CN(C(C)=O)C2CC2)cc1. The Labute approximate surface area is 119 Å². The van der Waals surface area contributed by atoms with Gasteiger partial charge in [-0.15, -0.1) is 0 Å². The number of nitrogens with zero attached hydrogens (tertiary/aromatic N) is 1. The molecule has 1 aliphatic rings. The van der Waals surface area contributed by atoms with E-state index in [0.29, 0.717) is 19.1 Å². The summed E-state index contributed by atoms with van der Waals surface area (Å²) in [7, 11) is 1.73. The molecule has 2 N–H and O–H groups in total. The van der Waals surface area contributed by atoms with Gasteiger partial charge in [-0.05, 0) is 37.6 Å². The number of hydrogen-bond acceptors (Lipinski definition) is 3. The molecule has 0 bridgehead atoms. The fourth-order valence-electron chi connectivity index (χ4n) is 2.14. The lowest BCUT2D eigenvalue weighted by atomic mass is 10.2. The molecule has 0 aliphatic heterocycles. The molecule has 0 aromatic heterocycles. The molecule has 0 radical (unpaired) electrons. The number of amides is 2. The molecule has 1 aliphatic carbocycles. The third kappa shape index (κ3) is 4.06. The number of anilines is 1. The van der Waals surface area contributed by atoms with E-state index in [2.05, 4.69) is 10.6 Å². The van der Waals surface area contributed by atoms with E-state index in [-0.39, 0.29) is 11.8 Å². The van der Waals surface area contributed by atoms with Crippen LogP contribution in [0.15, 0.2) is 24.3 Å². The van der Waals surface area contributed by atoms with Crippen molar-refractivity contribution >= 4 is 17.5 Å². The molecule has 0 spiro atoms. The van der Waals surface area contributed by atoms with Gasteiger partial charge in [0.05, 0.1) is 6.54 Å². The summed E-state index contributed by atoms with van der Waals surface area (Å²) < 4.78 is 0. The molecule has 2 rings (SSSR count). The van der Waals surface area contributed by atoms with Crippen molar-refractivity contribution in [2.75, 3.05) is 18.9 Å². The van der Waals surface area contributed by atoms with Gasteiger partial charge >= 0.3 is 0 Å². The Morgan fingerprint density at radius 1 is 1.25 bits per heavy atom. The number of hydrogen-bond donors (Lipinski definition) is 2. The van der Waals surface area contributed by atoms with Crippen molar-refractivity contribution in [1.82, 2.24) is 10.2 Å². The lowest BCUT2D eigenvalue weighted by Gasteiger charge is -2.20. The summed E-state index contributed by atoms with van der Waals surface area (Å²) >= 11 is 0. The third-order valence-corrected chi connectivity index (χ3v) is 3.32. The van der Waals surface area contributed by atoms with E-state index in [4.69, 9.17) is 0 Å². The highest BCUT2D eigenvalue weighted by Crippen LogP contribution is 2.28. The molecule has 1 aromatic carbocycles. The van der Waals surface area contributed by atoms with Gasteiger partial charge in [-0.2, -0.15) is 0 Å². The topological polar surface area (TPSA) is 61.4 Å². The number of benzene rings is 1. The van der Waals surface area contributed by atoms with E-state index in [1.807, 2.05) is 29.2 Å². The fourth-order valence-corrected chi connectivity index (χ4v) is 2.14. The van der Waals surface area contributed by atoms with Crippen LogP contribution in [0.3, 0.4) is 0 Å². The first-order valence-corrected chi connectivity index (χ1v) is 6.90.